The number of imidazole rings is 1. The maximum absolute atomic E-state index is 12.9. The van der Waals surface area contributed by atoms with E-state index < -0.39 is 12.5 Å². The minimum atomic E-state index is -3.05. The molecule has 6 nitrogen and oxygen atoms in total. The minimum Gasteiger partial charge on any atom is -0.434 e. The van der Waals surface area contributed by atoms with Gasteiger partial charge in [-0.3, -0.25) is 4.79 Å². The molecule has 3 rings (SSSR count). The predicted octanol–water partition coefficient (Wildman–Crippen LogP) is 3.96. The highest BCUT2D eigenvalue weighted by Gasteiger charge is 2.21. The number of carbonyl (C=O) groups is 1. The Balaban J connectivity index is 2.16. The van der Waals surface area contributed by atoms with E-state index >= 15 is 0 Å². The van der Waals surface area contributed by atoms with Gasteiger partial charge in [0.25, 0.3) is 5.91 Å². The Kier molecular flexibility index (Phi) is 5.06. The molecule has 3 aromatic rings. The molecule has 0 fully saturated rings. The number of fused-ring (bicyclic) bond motifs is 1. The highest BCUT2D eigenvalue weighted by atomic mass is 19.3. The van der Waals surface area contributed by atoms with Crippen molar-refractivity contribution in [3.05, 3.63) is 47.3 Å². The Morgan fingerprint density at radius 1 is 1.21 bits per heavy atom. The average molecular weight is 388 g/mol. The molecule has 2 aromatic heterocycles. The Morgan fingerprint density at radius 3 is 2.54 bits per heavy atom. The maximum Gasteiger partial charge on any atom is 0.387 e. The number of rotatable bonds is 4. The van der Waals surface area contributed by atoms with Crippen LogP contribution in [0.25, 0.3) is 16.9 Å². The number of alkyl halides is 2. The van der Waals surface area contributed by atoms with Crippen LogP contribution < -0.4 is 10.1 Å². The lowest BCUT2D eigenvalue weighted by atomic mass is 9.89. The molecule has 0 saturated carbocycles. The lowest BCUT2D eigenvalue weighted by molar-refractivity contribution is -0.0501. The van der Waals surface area contributed by atoms with Gasteiger partial charge in [-0.05, 0) is 41.7 Å². The zero-order valence-electron chi connectivity index (χ0n) is 16.4. The van der Waals surface area contributed by atoms with Gasteiger partial charge >= 0.3 is 6.61 Å². The van der Waals surface area contributed by atoms with E-state index in [1.165, 1.54) is 13.1 Å². The first-order valence-electron chi connectivity index (χ1n) is 8.78. The van der Waals surface area contributed by atoms with Crippen LogP contribution in [0.2, 0.25) is 0 Å². The van der Waals surface area contributed by atoms with Crippen molar-refractivity contribution in [1.82, 2.24) is 19.9 Å². The Bertz CT molecular complexity index is 1040. The molecule has 2 heterocycles. The van der Waals surface area contributed by atoms with E-state index in [1.807, 2.05) is 6.07 Å². The van der Waals surface area contributed by atoms with Crippen molar-refractivity contribution in [2.75, 3.05) is 7.05 Å². The number of amides is 1. The van der Waals surface area contributed by atoms with Gasteiger partial charge in [0, 0.05) is 12.6 Å². The molecule has 0 aliphatic rings. The van der Waals surface area contributed by atoms with Gasteiger partial charge in [0.05, 0.1) is 23.7 Å². The Labute approximate surface area is 161 Å². The van der Waals surface area contributed by atoms with E-state index in [2.05, 4.69) is 40.9 Å². The van der Waals surface area contributed by atoms with Crippen molar-refractivity contribution in [1.29, 1.82) is 0 Å². The molecular weight excluding hydrogens is 366 g/mol. The number of carbonyl (C=O) groups excluding carboxylic acids is 1. The maximum atomic E-state index is 12.9. The fraction of sp³-hybridized carbons (Fsp3) is 0.350. The molecular formula is C20H22F2N4O2. The first-order valence-corrected chi connectivity index (χ1v) is 8.78. The SMILES string of the molecule is CNC(=O)c1c(C)cc(-c2cnc3cc(C(C)(C)C)cnn23)cc1OC(F)F. The van der Waals surface area contributed by atoms with Crippen LogP contribution in [0, 0.1) is 6.92 Å². The van der Waals surface area contributed by atoms with Crippen LogP contribution in [-0.2, 0) is 5.41 Å². The minimum absolute atomic E-state index is 0.0725. The zero-order chi connectivity index (χ0) is 20.6. The summed E-state index contributed by atoms with van der Waals surface area (Å²) < 4.78 is 32.1. The third-order valence-corrected chi connectivity index (χ3v) is 4.49. The molecule has 148 valence electrons. The summed E-state index contributed by atoms with van der Waals surface area (Å²) in [6, 6.07) is 5.08. The quantitative estimate of drug-likeness (QED) is 0.735. The van der Waals surface area contributed by atoms with Crippen molar-refractivity contribution in [3.63, 3.8) is 0 Å². The molecule has 1 N–H and O–H groups in total. The third-order valence-electron chi connectivity index (χ3n) is 4.49. The molecule has 0 bridgehead atoms. The second-order valence-electron chi connectivity index (χ2n) is 7.53. The van der Waals surface area contributed by atoms with Crippen LogP contribution in [0.1, 0.15) is 42.3 Å². The van der Waals surface area contributed by atoms with Crippen molar-refractivity contribution in [3.8, 4) is 17.0 Å². The number of ether oxygens (including phenoxy) is 1. The van der Waals surface area contributed by atoms with E-state index in [1.54, 1.807) is 29.9 Å². The van der Waals surface area contributed by atoms with E-state index in [-0.39, 0.29) is 16.7 Å². The van der Waals surface area contributed by atoms with Gasteiger partial charge in [-0.2, -0.15) is 13.9 Å². The highest BCUT2D eigenvalue weighted by Crippen LogP contribution is 2.32. The predicted molar refractivity (Wildman–Crippen MR) is 102 cm³/mol. The van der Waals surface area contributed by atoms with Crippen LogP contribution >= 0.6 is 0 Å². The molecule has 0 saturated heterocycles. The number of hydrogen-bond donors (Lipinski definition) is 1. The molecule has 28 heavy (non-hydrogen) atoms. The van der Waals surface area contributed by atoms with Gasteiger partial charge in [-0.1, -0.05) is 20.8 Å². The summed E-state index contributed by atoms with van der Waals surface area (Å²) in [5, 5.41) is 6.91. The van der Waals surface area contributed by atoms with E-state index in [9.17, 15) is 13.6 Å². The van der Waals surface area contributed by atoms with E-state index in [0.29, 0.717) is 22.5 Å². The third kappa shape index (κ3) is 3.67. The van der Waals surface area contributed by atoms with Gasteiger partial charge in [-0.25, -0.2) is 9.50 Å². The average Bonchev–Trinajstić information content (AvgIpc) is 3.02. The smallest absolute Gasteiger partial charge is 0.387 e. The van der Waals surface area contributed by atoms with Crippen LogP contribution in [0.4, 0.5) is 8.78 Å². The van der Waals surface area contributed by atoms with Crippen LogP contribution in [0.3, 0.4) is 0 Å². The topological polar surface area (TPSA) is 68.5 Å². The first kappa shape index (κ1) is 19.7. The molecule has 0 spiro atoms. The lowest BCUT2D eigenvalue weighted by Crippen LogP contribution is -2.21. The molecule has 0 aliphatic heterocycles. The molecule has 0 atom stereocenters. The van der Waals surface area contributed by atoms with Crippen molar-refractivity contribution >= 4 is 11.6 Å². The fourth-order valence-electron chi connectivity index (χ4n) is 2.99. The lowest BCUT2D eigenvalue weighted by Gasteiger charge is -2.18. The van der Waals surface area contributed by atoms with Crippen molar-refractivity contribution in [2.45, 2.75) is 39.7 Å². The summed E-state index contributed by atoms with van der Waals surface area (Å²) in [7, 11) is 1.43. The molecule has 8 heteroatoms. The van der Waals surface area contributed by atoms with Gasteiger partial charge in [0.2, 0.25) is 0 Å². The summed E-state index contributed by atoms with van der Waals surface area (Å²) in [5.74, 6) is -0.684. The number of nitrogens with zero attached hydrogens (tertiary/aromatic N) is 3. The number of benzene rings is 1. The summed E-state index contributed by atoms with van der Waals surface area (Å²) in [5.41, 5.74) is 3.37. The van der Waals surface area contributed by atoms with Crippen molar-refractivity contribution in [2.24, 2.45) is 0 Å². The van der Waals surface area contributed by atoms with Crippen molar-refractivity contribution < 1.29 is 18.3 Å². The second-order valence-corrected chi connectivity index (χ2v) is 7.53. The standard InChI is InChI=1S/C20H22F2N4O2/c1-11-6-12(7-15(28-19(21)22)17(11)18(27)23-5)14-10-24-16-8-13(20(2,3)4)9-25-26(14)16/h6-10,19H,1-5H3,(H,23,27). The highest BCUT2D eigenvalue weighted by molar-refractivity contribution is 5.99. The van der Waals surface area contributed by atoms with Crippen LogP contribution in [-0.4, -0.2) is 34.2 Å². The van der Waals surface area contributed by atoms with Gasteiger partial charge in [0.1, 0.15) is 5.75 Å². The van der Waals surface area contributed by atoms with Gasteiger partial charge in [0.15, 0.2) is 5.65 Å². The van der Waals surface area contributed by atoms with Gasteiger partial charge in [-0.15, -0.1) is 0 Å². The van der Waals surface area contributed by atoms with Crippen LogP contribution in [0.15, 0.2) is 30.6 Å². The largest absolute Gasteiger partial charge is 0.434 e. The van der Waals surface area contributed by atoms with E-state index in [0.717, 1.165) is 5.56 Å². The molecule has 0 radical (unpaired) electrons. The normalized spacial score (nSPS) is 11.9. The van der Waals surface area contributed by atoms with Gasteiger partial charge < -0.3 is 10.1 Å². The Hall–Kier alpha value is -3.03. The number of hydrogen-bond acceptors (Lipinski definition) is 4. The Morgan fingerprint density at radius 2 is 1.93 bits per heavy atom. The number of nitrogens with one attached hydrogen (secondary N) is 1. The second kappa shape index (κ2) is 7.18. The number of halogens is 2. The first-order chi connectivity index (χ1) is 13.1. The summed E-state index contributed by atoms with van der Waals surface area (Å²) in [6.07, 6.45) is 3.38. The molecule has 1 amide bonds. The zero-order valence-corrected chi connectivity index (χ0v) is 16.4. The summed E-state index contributed by atoms with van der Waals surface area (Å²) >= 11 is 0. The summed E-state index contributed by atoms with van der Waals surface area (Å²) in [4.78, 5) is 16.5. The summed E-state index contributed by atoms with van der Waals surface area (Å²) in [6.45, 7) is 4.87. The monoisotopic (exact) mass is 388 g/mol. The molecule has 0 unspecified atom stereocenters. The van der Waals surface area contributed by atoms with Crippen LogP contribution in [0.5, 0.6) is 5.75 Å². The van der Waals surface area contributed by atoms with E-state index in [4.69, 9.17) is 0 Å². The number of aryl methyl sites for hydroxylation is 1. The number of aromatic nitrogens is 3. The molecule has 1 aromatic carbocycles. The fourth-order valence-corrected chi connectivity index (χ4v) is 2.99. The molecule has 0 aliphatic carbocycles.